The van der Waals surface area contributed by atoms with Crippen LogP contribution in [0.2, 0.25) is 0 Å². The molecule has 2 atom stereocenters. The van der Waals surface area contributed by atoms with Crippen LogP contribution in [0.15, 0.2) is 0 Å². The summed E-state index contributed by atoms with van der Waals surface area (Å²) in [5.74, 6) is -3.00. The van der Waals surface area contributed by atoms with Crippen molar-refractivity contribution < 1.29 is 34.2 Å². The molecule has 0 aromatic heterocycles. The molecule has 0 saturated heterocycles. The van der Waals surface area contributed by atoms with Gasteiger partial charge in [-0.05, 0) is 38.5 Å². The van der Waals surface area contributed by atoms with Gasteiger partial charge in [0.15, 0.2) is 0 Å². The zero-order chi connectivity index (χ0) is 31.4. The van der Waals surface area contributed by atoms with Crippen molar-refractivity contribution in [2.75, 3.05) is 13.1 Å². The van der Waals surface area contributed by atoms with Crippen molar-refractivity contribution in [3.8, 4) is 0 Å². The van der Waals surface area contributed by atoms with Gasteiger partial charge >= 0.3 is 11.9 Å². The highest BCUT2D eigenvalue weighted by Crippen LogP contribution is 2.13. The monoisotopic (exact) mass is 598 g/mol. The number of hydrogen-bond acceptors (Lipinski definition) is 6. The number of carbonyl (C=O) groups excluding carboxylic acids is 3. The Kier molecular flexibility index (Phi) is 25.4. The molecule has 42 heavy (non-hydrogen) atoms. The Balaban J connectivity index is 3.82. The van der Waals surface area contributed by atoms with Crippen LogP contribution in [-0.4, -0.2) is 65.0 Å². The number of hydrogen-bond donors (Lipinski definition) is 6. The fourth-order valence-electron chi connectivity index (χ4n) is 4.60. The first-order valence-electron chi connectivity index (χ1n) is 16.2. The standard InChI is InChI=1S/C31H58N4O7/c1-2-3-4-5-6-7-8-9-10-11-12-13-14-19-29(38)35-26(31(41)42)21-22-28(37)34-24-17-20-27(36)33-23-16-15-18-25(32)30(39)40/h25-26H,2-24,32H2,1H3,(H,33,36)(H,34,37)(H,35,38)(H,39,40)(H,41,42)/t25-,26-/m0/s1. The smallest absolute Gasteiger partial charge is 0.326 e. The maximum absolute atomic E-state index is 12.2. The first-order chi connectivity index (χ1) is 20.2. The molecule has 244 valence electrons. The van der Waals surface area contributed by atoms with Gasteiger partial charge in [-0.25, -0.2) is 4.79 Å². The molecular formula is C31H58N4O7. The molecule has 11 heteroatoms. The van der Waals surface area contributed by atoms with Crippen LogP contribution in [0, 0.1) is 0 Å². The van der Waals surface area contributed by atoms with Crippen molar-refractivity contribution in [2.45, 2.75) is 154 Å². The Hall–Kier alpha value is -2.69. The average molecular weight is 599 g/mol. The summed E-state index contributed by atoms with van der Waals surface area (Å²) in [6, 6.07) is -2.00. The van der Waals surface area contributed by atoms with Crippen molar-refractivity contribution in [3.05, 3.63) is 0 Å². The third-order valence-electron chi connectivity index (χ3n) is 7.28. The Morgan fingerprint density at radius 2 is 1.02 bits per heavy atom. The Morgan fingerprint density at radius 1 is 0.548 bits per heavy atom. The van der Waals surface area contributed by atoms with Gasteiger partial charge in [0.2, 0.25) is 17.7 Å². The number of unbranched alkanes of at least 4 members (excludes halogenated alkanes) is 13. The third-order valence-corrected chi connectivity index (χ3v) is 7.28. The number of nitrogens with one attached hydrogen (secondary N) is 3. The summed E-state index contributed by atoms with van der Waals surface area (Å²) >= 11 is 0. The Labute approximate surface area is 252 Å². The number of rotatable bonds is 29. The van der Waals surface area contributed by atoms with Crippen LogP contribution in [0.25, 0.3) is 0 Å². The highest BCUT2D eigenvalue weighted by Gasteiger charge is 2.20. The maximum atomic E-state index is 12.2. The molecule has 0 rings (SSSR count). The normalized spacial score (nSPS) is 12.3. The van der Waals surface area contributed by atoms with Crippen molar-refractivity contribution >= 4 is 29.7 Å². The highest BCUT2D eigenvalue weighted by molar-refractivity contribution is 5.84. The zero-order valence-electron chi connectivity index (χ0n) is 25.9. The fraction of sp³-hybridized carbons (Fsp3) is 0.839. The minimum atomic E-state index is -1.16. The Bertz CT molecular complexity index is 764. The second-order valence-corrected chi connectivity index (χ2v) is 11.2. The van der Waals surface area contributed by atoms with Gasteiger partial charge in [0.1, 0.15) is 12.1 Å². The van der Waals surface area contributed by atoms with E-state index in [1.807, 2.05) is 0 Å². The van der Waals surface area contributed by atoms with Gasteiger partial charge in [-0.15, -0.1) is 0 Å². The fourth-order valence-corrected chi connectivity index (χ4v) is 4.60. The zero-order valence-corrected chi connectivity index (χ0v) is 25.9. The van der Waals surface area contributed by atoms with E-state index in [0.29, 0.717) is 32.2 Å². The maximum Gasteiger partial charge on any atom is 0.326 e. The molecule has 11 nitrogen and oxygen atoms in total. The lowest BCUT2D eigenvalue weighted by molar-refractivity contribution is -0.142. The summed E-state index contributed by atoms with van der Waals surface area (Å²) in [5.41, 5.74) is 5.42. The molecule has 0 aliphatic carbocycles. The van der Waals surface area contributed by atoms with Crippen LogP contribution in [0.3, 0.4) is 0 Å². The number of nitrogens with two attached hydrogens (primary N) is 1. The lowest BCUT2D eigenvalue weighted by atomic mass is 10.0. The number of carboxylic acids is 2. The second kappa shape index (κ2) is 27.2. The van der Waals surface area contributed by atoms with E-state index in [4.69, 9.17) is 10.8 Å². The molecule has 7 N–H and O–H groups in total. The molecule has 0 aliphatic heterocycles. The molecule has 0 aromatic carbocycles. The minimum Gasteiger partial charge on any atom is -0.480 e. The predicted octanol–water partition coefficient (Wildman–Crippen LogP) is 4.41. The lowest BCUT2D eigenvalue weighted by Crippen LogP contribution is -2.41. The molecule has 0 saturated carbocycles. The SMILES string of the molecule is CCCCCCCCCCCCCCCC(=O)N[C@@H](CCC(=O)NCCCC(=O)NCCCC[C@H](N)C(=O)O)C(=O)O. The van der Waals surface area contributed by atoms with E-state index in [-0.39, 0.29) is 49.9 Å². The third kappa shape index (κ3) is 25.1. The van der Waals surface area contributed by atoms with Gasteiger partial charge in [-0.2, -0.15) is 0 Å². The molecule has 0 unspecified atom stereocenters. The summed E-state index contributed by atoms with van der Waals surface area (Å²) < 4.78 is 0. The van der Waals surface area contributed by atoms with Crippen LogP contribution >= 0.6 is 0 Å². The average Bonchev–Trinajstić information content (AvgIpc) is 2.95. The van der Waals surface area contributed by atoms with Crippen molar-refractivity contribution in [2.24, 2.45) is 5.73 Å². The second-order valence-electron chi connectivity index (χ2n) is 11.2. The van der Waals surface area contributed by atoms with E-state index in [0.717, 1.165) is 19.3 Å². The number of amides is 3. The molecule has 0 radical (unpaired) electrons. The van der Waals surface area contributed by atoms with E-state index >= 15 is 0 Å². The van der Waals surface area contributed by atoms with Crippen LogP contribution in [0.1, 0.15) is 142 Å². The van der Waals surface area contributed by atoms with Crippen LogP contribution in [0.4, 0.5) is 0 Å². The molecular weight excluding hydrogens is 540 g/mol. The molecule has 0 fully saturated rings. The summed E-state index contributed by atoms with van der Waals surface area (Å²) in [6.07, 6.45) is 18.2. The number of aliphatic carboxylic acids is 2. The van der Waals surface area contributed by atoms with Gasteiger partial charge in [0.05, 0.1) is 0 Å². The number of carboxylic acid groups (broad SMARTS) is 2. The molecule has 0 aromatic rings. The number of carbonyl (C=O) groups is 5. The summed E-state index contributed by atoms with van der Waals surface area (Å²) in [5, 5.41) is 26.1. The molecule has 0 bridgehead atoms. The molecule has 0 aliphatic rings. The van der Waals surface area contributed by atoms with Gasteiger partial charge in [-0.3, -0.25) is 19.2 Å². The van der Waals surface area contributed by atoms with Crippen molar-refractivity contribution in [3.63, 3.8) is 0 Å². The summed E-state index contributed by atoms with van der Waals surface area (Å²) in [6.45, 7) is 2.94. The van der Waals surface area contributed by atoms with E-state index < -0.39 is 24.0 Å². The van der Waals surface area contributed by atoms with Gasteiger partial charge in [-0.1, -0.05) is 84.0 Å². The van der Waals surface area contributed by atoms with E-state index in [1.165, 1.54) is 64.2 Å². The topological polar surface area (TPSA) is 188 Å². The highest BCUT2D eigenvalue weighted by atomic mass is 16.4. The van der Waals surface area contributed by atoms with Crippen LogP contribution in [0.5, 0.6) is 0 Å². The summed E-state index contributed by atoms with van der Waals surface area (Å²) in [4.78, 5) is 58.3. The first-order valence-corrected chi connectivity index (χ1v) is 16.2. The molecule has 0 spiro atoms. The van der Waals surface area contributed by atoms with Crippen LogP contribution in [-0.2, 0) is 24.0 Å². The van der Waals surface area contributed by atoms with Crippen molar-refractivity contribution in [1.82, 2.24) is 16.0 Å². The lowest BCUT2D eigenvalue weighted by Gasteiger charge is -2.14. The predicted molar refractivity (Wildman–Crippen MR) is 164 cm³/mol. The quantitative estimate of drug-likeness (QED) is 0.0683. The molecule has 3 amide bonds. The van der Waals surface area contributed by atoms with Crippen molar-refractivity contribution in [1.29, 1.82) is 0 Å². The molecule has 0 heterocycles. The van der Waals surface area contributed by atoms with E-state index in [2.05, 4.69) is 22.9 Å². The van der Waals surface area contributed by atoms with Crippen LogP contribution < -0.4 is 21.7 Å². The minimum absolute atomic E-state index is 0.00245. The van der Waals surface area contributed by atoms with E-state index in [1.54, 1.807) is 0 Å². The largest absolute Gasteiger partial charge is 0.480 e. The van der Waals surface area contributed by atoms with Gasteiger partial charge < -0.3 is 31.9 Å². The van der Waals surface area contributed by atoms with Gasteiger partial charge in [0.25, 0.3) is 0 Å². The summed E-state index contributed by atoms with van der Waals surface area (Å²) in [7, 11) is 0. The van der Waals surface area contributed by atoms with Gasteiger partial charge in [0, 0.05) is 32.4 Å². The van der Waals surface area contributed by atoms with E-state index in [9.17, 15) is 29.1 Å². The first kappa shape index (κ1) is 39.3. The Morgan fingerprint density at radius 3 is 1.55 bits per heavy atom.